The van der Waals surface area contributed by atoms with E-state index in [-0.39, 0.29) is 0 Å². The second-order valence-electron chi connectivity index (χ2n) is 2.09. The fourth-order valence-corrected chi connectivity index (χ4v) is 0.868. The van der Waals surface area contributed by atoms with Crippen LogP contribution in [0.2, 0.25) is 0 Å². The Kier molecular flexibility index (Phi) is 1.30. The molecular weight excluding hydrogens is 88.1 g/mol. The van der Waals surface area contributed by atoms with E-state index in [2.05, 4.69) is 12.2 Å². The first-order valence-corrected chi connectivity index (χ1v) is 2.83. The summed E-state index contributed by atoms with van der Waals surface area (Å²) < 4.78 is 0. The van der Waals surface area contributed by atoms with Gasteiger partial charge in [0.15, 0.2) is 0 Å². The van der Waals surface area contributed by atoms with Gasteiger partial charge in [0.25, 0.3) is 0 Å². The highest BCUT2D eigenvalue weighted by Gasteiger charge is 2.23. The second kappa shape index (κ2) is 1.80. The van der Waals surface area contributed by atoms with Crippen molar-refractivity contribution in [3.05, 3.63) is 0 Å². The number of hydrogen-bond donors (Lipinski definition) is 2. The first-order valence-electron chi connectivity index (χ1n) is 2.83. The molecule has 1 fully saturated rings. The fourth-order valence-electron chi connectivity index (χ4n) is 0.868. The molecule has 0 radical (unpaired) electrons. The lowest BCUT2D eigenvalue weighted by Crippen LogP contribution is -2.61. The highest BCUT2D eigenvalue weighted by molar-refractivity contribution is 4.89. The molecule has 3 N–H and O–H groups in total. The molecule has 1 aliphatic rings. The maximum atomic E-state index is 5.57. The van der Waals surface area contributed by atoms with Crippen molar-refractivity contribution in [1.29, 1.82) is 0 Å². The van der Waals surface area contributed by atoms with E-state index in [1.165, 1.54) is 6.42 Å². The lowest BCUT2D eigenvalue weighted by molar-refractivity contribution is 0.304. The molecule has 7 heavy (non-hydrogen) atoms. The Labute approximate surface area is 44.1 Å². The summed E-state index contributed by atoms with van der Waals surface area (Å²) in [5.74, 6) is 0. The number of rotatable bonds is 1. The molecule has 1 aliphatic heterocycles. The van der Waals surface area contributed by atoms with Crippen molar-refractivity contribution in [2.45, 2.75) is 25.4 Å². The molecule has 2 heteroatoms. The van der Waals surface area contributed by atoms with Gasteiger partial charge in [-0.3, -0.25) is 0 Å². The van der Waals surface area contributed by atoms with E-state index in [0.717, 1.165) is 6.54 Å². The van der Waals surface area contributed by atoms with E-state index >= 15 is 0 Å². The Morgan fingerprint density at radius 2 is 2.57 bits per heavy atom. The molecule has 2 unspecified atom stereocenters. The van der Waals surface area contributed by atoms with Crippen LogP contribution in [-0.2, 0) is 0 Å². The number of nitrogens with two attached hydrogens (primary N) is 1. The Bertz CT molecular complexity index is 61.1. The maximum absolute atomic E-state index is 5.57. The molecule has 1 heterocycles. The summed E-state index contributed by atoms with van der Waals surface area (Å²) >= 11 is 0. The molecule has 0 bridgehead atoms. The Morgan fingerprint density at radius 3 is 2.57 bits per heavy atom. The maximum Gasteiger partial charge on any atom is 0.0321 e. The van der Waals surface area contributed by atoms with Crippen LogP contribution in [0.15, 0.2) is 0 Å². The molecule has 1 rings (SSSR count). The zero-order valence-corrected chi connectivity index (χ0v) is 4.65. The molecule has 0 saturated carbocycles. The molecule has 0 aromatic rings. The summed E-state index contributed by atoms with van der Waals surface area (Å²) in [5.41, 5.74) is 5.57. The van der Waals surface area contributed by atoms with Gasteiger partial charge in [-0.15, -0.1) is 0 Å². The minimum atomic E-state index is 0.435. The Morgan fingerprint density at radius 1 is 1.86 bits per heavy atom. The van der Waals surface area contributed by atoms with Crippen molar-refractivity contribution in [3.8, 4) is 0 Å². The summed E-state index contributed by atoms with van der Waals surface area (Å²) in [6, 6.07) is 1.05. The van der Waals surface area contributed by atoms with Crippen LogP contribution in [0.3, 0.4) is 0 Å². The molecule has 2 nitrogen and oxygen atoms in total. The zero-order valence-electron chi connectivity index (χ0n) is 4.65. The summed E-state index contributed by atoms with van der Waals surface area (Å²) in [6.07, 6.45) is 1.17. The predicted octanol–water partition coefficient (Wildman–Crippen LogP) is -0.305. The third-order valence-electron chi connectivity index (χ3n) is 1.57. The smallest absolute Gasteiger partial charge is 0.0321 e. The van der Waals surface area contributed by atoms with Crippen molar-refractivity contribution < 1.29 is 0 Å². The Hall–Kier alpha value is -0.0800. The van der Waals surface area contributed by atoms with Gasteiger partial charge >= 0.3 is 0 Å². The van der Waals surface area contributed by atoms with Crippen molar-refractivity contribution >= 4 is 0 Å². The van der Waals surface area contributed by atoms with E-state index in [1.807, 2.05) is 0 Å². The monoisotopic (exact) mass is 100 g/mol. The third-order valence-corrected chi connectivity index (χ3v) is 1.57. The summed E-state index contributed by atoms with van der Waals surface area (Å²) in [4.78, 5) is 0. The van der Waals surface area contributed by atoms with Crippen LogP contribution in [0.25, 0.3) is 0 Å². The van der Waals surface area contributed by atoms with E-state index in [9.17, 15) is 0 Å². The first kappa shape index (κ1) is 5.06. The van der Waals surface area contributed by atoms with Crippen LogP contribution < -0.4 is 11.1 Å². The molecule has 1 saturated heterocycles. The van der Waals surface area contributed by atoms with Crippen molar-refractivity contribution in [3.63, 3.8) is 0 Å². The molecule has 0 spiro atoms. The largest absolute Gasteiger partial charge is 0.325 e. The summed E-state index contributed by atoms with van der Waals surface area (Å²) in [7, 11) is 0. The lowest BCUT2D eigenvalue weighted by atomic mass is 9.99. The molecule has 0 aromatic heterocycles. The van der Waals surface area contributed by atoms with E-state index in [4.69, 9.17) is 5.73 Å². The summed E-state index contributed by atoms with van der Waals surface area (Å²) in [5, 5.41) is 3.22. The highest BCUT2D eigenvalue weighted by Crippen LogP contribution is 2.03. The van der Waals surface area contributed by atoms with Crippen molar-refractivity contribution in [2.75, 3.05) is 6.54 Å². The molecule has 0 amide bonds. The van der Waals surface area contributed by atoms with Gasteiger partial charge in [0.1, 0.15) is 0 Å². The second-order valence-corrected chi connectivity index (χ2v) is 2.09. The van der Waals surface area contributed by atoms with Gasteiger partial charge in [0, 0.05) is 18.6 Å². The van der Waals surface area contributed by atoms with Crippen LogP contribution in [0.1, 0.15) is 13.3 Å². The number of nitrogens with one attached hydrogen (secondary N) is 1. The third kappa shape index (κ3) is 0.763. The minimum Gasteiger partial charge on any atom is -0.325 e. The predicted molar refractivity (Wildman–Crippen MR) is 30.1 cm³/mol. The summed E-state index contributed by atoms with van der Waals surface area (Å²) in [6.45, 7) is 3.16. The average molecular weight is 100 g/mol. The normalized spacial score (nSPS) is 40.3. The standard InChI is InChI=1S/C5H12N2/c1-2-5-4(6)3-7-5/h4-5,7H,2-3,6H2,1H3. The van der Waals surface area contributed by atoms with Crippen LogP contribution >= 0.6 is 0 Å². The van der Waals surface area contributed by atoms with Crippen LogP contribution in [-0.4, -0.2) is 18.6 Å². The van der Waals surface area contributed by atoms with Gasteiger partial charge in [-0.25, -0.2) is 0 Å². The van der Waals surface area contributed by atoms with Crippen LogP contribution in [0.4, 0.5) is 0 Å². The molecular formula is C5H12N2. The topological polar surface area (TPSA) is 38.0 Å². The fraction of sp³-hybridized carbons (Fsp3) is 1.00. The SMILES string of the molecule is CCC1NCC1N. The van der Waals surface area contributed by atoms with Gasteiger partial charge in [0.2, 0.25) is 0 Å². The average Bonchev–Trinajstić information content (AvgIpc) is 1.65. The zero-order chi connectivity index (χ0) is 5.28. The van der Waals surface area contributed by atoms with Gasteiger partial charge in [-0.05, 0) is 6.42 Å². The molecule has 0 aromatic carbocycles. The van der Waals surface area contributed by atoms with E-state index in [0.29, 0.717) is 12.1 Å². The van der Waals surface area contributed by atoms with Crippen LogP contribution in [0, 0.1) is 0 Å². The van der Waals surface area contributed by atoms with E-state index < -0.39 is 0 Å². The Balaban J connectivity index is 2.16. The number of hydrogen-bond acceptors (Lipinski definition) is 2. The van der Waals surface area contributed by atoms with Gasteiger partial charge < -0.3 is 11.1 Å². The van der Waals surface area contributed by atoms with Crippen LogP contribution in [0.5, 0.6) is 0 Å². The molecule has 0 aliphatic carbocycles. The first-order chi connectivity index (χ1) is 3.34. The van der Waals surface area contributed by atoms with Gasteiger partial charge in [-0.2, -0.15) is 0 Å². The molecule has 2 atom stereocenters. The van der Waals surface area contributed by atoms with Crippen molar-refractivity contribution in [2.24, 2.45) is 5.73 Å². The lowest BCUT2D eigenvalue weighted by Gasteiger charge is -2.34. The highest BCUT2D eigenvalue weighted by atomic mass is 15.1. The van der Waals surface area contributed by atoms with E-state index in [1.54, 1.807) is 0 Å². The minimum absolute atomic E-state index is 0.435. The quantitative estimate of drug-likeness (QED) is 0.474. The molecule has 42 valence electrons. The van der Waals surface area contributed by atoms with Crippen molar-refractivity contribution in [1.82, 2.24) is 5.32 Å². The van der Waals surface area contributed by atoms with Gasteiger partial charge in [0.05, 0.1) is 0 Å². The van der Waals surface area contributed by atoms with Gasteiger partial charge in [-0.1, -0.05) is 6.92 Å².